The van der Waals surface area contributed by atoms with Gasteiger partial charge in [0.05, 0.1) is 17.7 Å². The summed E-state index contributed by atoms with van der Waals surface area (Å²) in [6.45, 7) is 3.19. The first-order valence-electron chi connectivity index (χ1n) is 14.2. The van der Waals surface area contributed by atoms with Crippen LogP contribution in [0.3, 0.4) is 0 Å². The second-order valence-electron chi connectivity index (χ2n) is 12.2. The Hall–Kier alpha value is -2.93. The molecule has 7 nitrogen and oxygen atoms in total. The summed E-state index contributed by atoms with van der Waals surface area (Å²) >= 11 is 0. The number of rotatable bonds is 7. The van der Waals surface area contributed by atoms with Gasteiger partial charge in [-0.25, -0.2) is 0 Å². The van der Waals surface area contributed by atoms with Crippen LogP contribution in [0.4, 0.5) is 0 Å². The average molecular weight is 520 g/mol. The lowest BCUT2D eigenvalue weighted by molar-refractivity contribution is -0.163. The molecule has 3 fully saturated rings. The van der Waals surface area contributed by atoms with Gasteiger partial charge in [0, 0.05) is 56.3 Å². The highest BCUT2D eigenvalue weighted by atomic mass is 16.3. The standard InChI is InChI=1S/C31H41N3O4/c1-22(17-23-11-12-23)28(36)33-16-15-31(38,30(20-33)13-7-8-14-30)21-34-19-26(29(37)32(2)3)25(18-27(34)35)24-9-5-4-6-10-24/h4-6,9-10,18-19,22-23,38H,7-8,11-17,20-21H2,1-3H3/t22-,31?/m1/s1. The maximum atomic E-state index is 13.4. The number of likely N-dealkylation sites (tertiary alicyclic amines) is 1. The van der Waals surface area contributed by atoms with Crippen molar-refractivity contribution < 1.29 is 14.7 Å². The van der Waals surface area contributed by atoms with Crippen LogP contribution in [-0.2, 0) is 11.3 Å². The van der Waals surface area contributed by atoms with Gasteiger partial charge < -0.3 is 19.5 Å². The molecule has 5 rings (SSSR count). The van der Waals surface area contributed by atoms with Gasteiger partial charge in [-0.05, 0) is 37.2 Å². The summed E-state index contributed by atoms with van der Waals surface area (Å²) in [6, 6.07) is 11.0. The van der Waals surface area contributed by atoms with Crippen LogP contribution in [0.15, 0.2) is 47.4 Å². The molecule has 1 N–H and O–H groups in total. The minimum absolute atomic E-state index is 0.0138. The van der Waals surface area contributed by atoms with Crippen molar-refractivity contribution in [3.05, 3.63) is 58.5 Å². The van der Waals surface area contributed by atoms with Crippen molar-refractivity contribution in [2.24, 2.45) is 17.3 Å². The minimum Gasteiger partial charge on any atom is -0.387 e. The second kappa shape index (κ2) is 10.3. The summed E-state index contributed by atoms with van der Waals surface area (Å²) in [5, 5.41) is 12.2. The number of benzene rings is 1. The van der Waals surface area contributed by atoms with Gasteiger partial charge in [0.25, 0.3) is 11.5 Å². The van der Waals surface area contributed by atoms with Crippen LogP contribution in [0.2, 0.25) is 0 Å². The number of carbonyl (C=O) groups is 2. The lowest BCUT2D eigenvalue weighted by atomic mass is 9.65. The van der Waals surface area contributed by atoms with E-state index in [1.165, 1.54) is 28.4 Å². The second-order valence-corrected chi connectivity index (χ2v) is 12.2. The molecule has 2 atom stereocenters. The number of hydrogen-bond acceptors (Lipinski definition) is 4. The van der Waals surface area contributed by atoms with Crippen LogP contribution in [0.1, 0.15) is 68.6 Å². The van der Waals surface area contributed by atoms with E-state index in [1.807, 2.05) is 42.2 Å². The van der Waals surface area contributed by atoms with Crippen molar-refractivity contribution in [1.82, 2.24) is 14.4 Å². The fourth-order valence-corrected chi connectivity index (χ4v) is 6.80. The van der Waals surface area contributed by atoms with Gasteiger partial charge >= 0.3 is 0 Å². The number of piperidine rings is 1. The van der Waals surface area contributed by atoms with Gasteiger partial charge in [-0.2, -0.15) is 0 Å². The SMILES string of the molecule is C[C@H](CC1CC1)C(=O)N1CCC(O)(Cn2cc(C(=O)N(C)C)c(-c3ccccc3)cc2=O)C2(CCCC2)C1. The van der Waals surface area contributed by atoms with Crippen LogP contribution in [-0.4, -0.2) is 64.1 Å². The maximum absolute atomic E-state index is 13.4. The summed E-state index contributed by atoms with van der Waals surface area (Å²) in [6.07, 6.45) is 9.17. The number of aliphatic hydroxyl groups is 1. The lowest BCUT2D eigenvalue weighted by Crippen LogP contribution is -2.62. The van der Waals surface area contributed by atoms with E-state index < -0.39 is 11.0 Å². The Morgan fingerprint density at radius 1 is 1.11 bits per heavy atom. The first kappa shape index (κ1) is 26.7. The Morgan fingerprint density at radius 3 is 2.42 bits per heavy atom. The van der Waals surface area contributed by atoms with E-state index in [1.54, 1.807) is 20.3 Å². The van der Waals surface area contributed by atoms with Gasteiger partial charge in [-0.3, -0.25) is 14.4 Å². The van der Waals surface area contributed by atoms with Crippen LogP contribution >= 0.6 is 0 Å². The van der Waals surface area contributed by atoms with Gasteiger partial charge in [-0.1, -0.05) is 62.9 Å². The molecule has 1 unspecified atom stereocenters. The summed E-state index contributed by atoms with van der Waals surface area (Å²) < 4.78 is 1.52. The van der Waals surface area contributed by atoms with E-state index in [0.29, 0.717) is 36.6 Å². The number of aromatic nitrogens is 1. The highest BCUT2D eigenvalue weighted by Crippen LogP contribution is 2.52. The van der Waals surface area contributed by atoms with Crippen molar-refractivity contribution in [1.29, 1.82) is 0 Å². The molecule has 204 valence electrons. The molecule has 38 heavy (non-hydrogen) atoms. The molecular weight excluding hydrogens is 478 g/mol. The van der Waals surface area contributed by atoms with E-state index in [2.05, 4.69) is 0 Å². The summed E-state index contributed by atoms with van der Waals surface area (Å²) in [5.74, 6) is 0.722. The molecule has 1 aliphatic heterocycles. The summed E-state index contributed by atoms with van der Waals surface area (Å²) in [5.41, 5.74) is 0.0296. The predicted octanol–water partition coefficient (Wildman–Crippen LogP) is 4.18. The van der Waals surface area contributed by atoms with Gasteiger partial charge in [0.2, 0.25) is 5.91 Å². The predicted molar refractivity (Wildman–Crippen MR) is 148 cm³/mol. The number of nitrogens with zero attached hydrogens (tertiary/aromatic N) is 3. The third kappa shape index (κ3) is 5.05. The van der Waals surface area contributed by atoms with Crippen molar-refractivity contribution >= 4 is 11.8 Å². The molecule has 1 aromatic heterocycles. The minimum atomic E-state index is -1.13. The number of carbonyl (C=O) groups excluding carboxylic acids is 2. The Morgan fingerprint density at radius 2 is 1.79 bits per heavy atom. The monoisotopic (exact) mass is 519 g/mol. The quantitative estimate of drug-likeness (QED) is 0.595. The molecule has 2 aliphatic carbocycles. The Labute approximate surface area is 225 Å². The van der Waals surface area contributed by atoms with Gasteiger partial charge in [-0.15, -0.1) is 0 Å². The third-order valence-corrected chi connectivity index (χ3v) is 9.23. The van der Waals surface area contributed by atoms with E-state index in [-0.39, 0.29) is 29.8 Å². The van der Waals surface area contributed by atoms with Crippen LogP contribution < -0.4 is 5.56 Å². The molecule has 0 bridgehead atoms. The van der Waals surface area contributed by atoms with Crippen molar-refractivity contribution in [3.8, 4) is 11.1 Å². The van der Waals surface area contributed by atoms with E-state index in [4.69, 9.17) is 0 Å². The number of pyridine rings is 1. The van der Waals surface area contributed by atoms with Crippen LogP contribution in [0.5, 0.6) is 0 Å². The first-order valence-corrected chi connectivity index (χ1v) is 14.2. The molecule has 2 saturated carbocycles. The molecule has 2 amide bonds. The topological polar surface area (TPSA) is 82.8 Å². The summed E-state index contributed by atoms with van der Waals surface area (Å²) in [4.78, 5) is 43.4. The molecular formula is C31H41N3O4. The molecule has 0 radical (unpaired) electrons. The molecule has 7 heteroatoms. The molecule has 3 aliphatic rings. The lowest BCUT2D eigenvalue weighted by Gasteiger charge is -2.52. The molecule has 2 heterocycles. The largest absolute Gasteiger partial charge is 0.387 e. The fraction of sp³-hybridized carbons (Fsp3) is 0.581. The Kier molecular flexibility index (Phi) is 7.25. The fourth-order valence-electron chi connectivity index (χ4n) is 6.80. The maximum Gasteiger partial charge on any atom is 0.255 e. The average Bonchev–Trinajstić information content (AvgIpc) is 3.60. The zero-order chi connectivity index (χ0) is 27.1. The van der Waals surface area contributed by atoms with Crippen molar-refractivity contribution in [3.63, 3.8) is 0 Å². The van der Waals surface area contributed by atoms with Crippen molar-refractivity contribution in [2.45, 2.75) is 70.4 Å². The molecule has 1 spiro atoms. The zero-order valence-electron chi connectivity index (χ0n) is 23.0. The number of hydrogen-bond donors (Lipinski definition) is 1. The molecule has 2 aromatic rings. The van der Waals surface area contributed by atoms with Crippen molar-refractivity contribution in [2.75, 3.05) is 27.2 Å². The van der Waals surface area contributed by atoms with Gasteiger partial charge in [0.1, 0.15) is 0 Å². The first-order chi connectivity index (χ1) is 18.1. The van der Waals surface area contributed by atoms with E-state index in [9.17, 15) is 19.5 Å². The zero-order valence-corrected chi connectivity index (χ0v) is 23.0. The molecule has 1 aromatic carbocycles. The third-order valence-electron chi connectivity index (χ3n) is 9.23. The summed E-state index contributed by atoms with van der Waals surface area (Å²) in [7, 11) is 3.40. The van der Waals surface area contributed by atoms with Crippen LogP contribution in [0.25, 0.3) is 11.1 Å². The Bertz CT molecular complexity index is 1240. The molecule has 1 saturated heterocycles. The van der Waals surface area contributed by atoms with E-state index in [0.717, 1.165) is 37.7 Å². The smallest absolute Gasteiger partial charge is 0.255 e. The Balaban J connectivity index is 1.45. The van der Waals surface area contributed by atoms with Gasteiger partial charge in [0.15, 0.2) is 0 Å². The van der Waals surface area contributed by atoms with Crippen LogP contribution in [0, 0.1) is 17.3 Å². The number of amides is 2. The highest BCUT2D eigenvalue weighted by molar-refractivity contribution is 6.00. The normalized spacial score (nSPS) is 23.4. The van der Waals surface area contributed by atoms with E-state index >= 15 is 0 Å². The highest BCUT2D eigenvalue weighted by Gasteiger charge is 2.56.